The van der Waals surface area contributed by atoms with E-state index < -0.39 is 21.7 Å². The van der Waals surface area contributed by atoms with Crippen LogP contribution in [0.5, 0.6) is 0 Å². The van der Waals surface area contributed by atoms with Crippen molar-refractivity contribution in [3.8, 4) is 0 Å². The zero-order valence-electron chi connectivity index (χ0n) is 28.8. The summed E-state index contributed by atoms with van der Waals surface area (Å²) in [7, 11) is 0. The van der Waals surface area contributed by atoms with Gasteiger partial charge < -0.3 is 29.9 Å². The topological polar surface area (TPSA) is 106 Å². The molecule has 8 bridgehead atoms. The van der Waals surface area contributed by atoms with Crippen molar-refractivity contribution in [2.75, 3.05) is 0 Å². The molecule has 0 saturated carbocycles. The zero-order chi connectivity index (χ0) is 33.4. The molecule has 8 nitrogen and oxygen atoms in total. The molecule has 0 spiro atoms. The summed E-state index contributed by atoms with van der Waals surface area (Å²) in [6.45, 7) is 17.4. The smallest absolute Gasteiger partial charge is 0.357 e. The molecule has 9 heteroatoms. The van der Waals surface area contributed by atoms with Gasteiger partial charge in [-0.25, -0.2) is 0 Å². The first-order chi connectivity index (χ1) is 22.8. The van der Waals surface area contributed by atoms with E-state index in [4.69, 9.17) is 39.9 Å². The summed E-state index contributed by atoms with van der Waals surface area (Å²) in [6.07, 6.45) is 0. The van der Waals surface area contributed by atoms with Gasteiger partial charge >= 0.3 is 16.5 Å². The van der Waals surface area contributed by atoms with E-state index >= 15 is 0 Å². The van der Waals surface area contributed by atoms with E-state index in [2.05, 4.69) is 128 Å². The Labute approximate surface area is 294 Å². The summed E-state index contributed by atoms with van der Waals surface area (Å²) >= 11 is 0. The Bertz CT molecular complexity index is 2520. The van der Waals surface area contributed by atoms with Crippen LogP contribution >= 0.6 is 0 Å². The molecule has 0 radical (unpaired) electrons. The third-order valence-corrected chi connectivity index (χ3v) is 11.8. The fourth-order valence-electron chi connectivity index (χ4n) is 7.10. The summed E-state index contributed by atoms with van der Waals surface area (Å²) in [5.41, 5.74) is 0.573. The van der Waals surface area contributed by atoms with E-state index in [0.29, 0.717) is 45.9 Å². The van der Waals surface area contributed by atoms with Gasteiger partial charge in [0.2, 0.25) is 0 Å². The predicted molar refractivity (Wildman–Crippen MR) is 192 cm³/mol. The Balaban J connectivity index is 0.00000348. The molecule has 5 heterocycles. The number of benzene rings is 4. The molecule has 2 aliphatic heterocycles. The standard InChI is InChI=1S/C40H36N8.Ni/c1-37(2)33-43-29-25-19-17-21-13-9-11-15-23(21)27(25)31(41-29)45-35-39(5,6)40(7,8)36(48-35)46-32-28-24-16-12-10-14-22(24)18-20-26(28)30(42-32)44-34(47-33)38(37,3)4;/h9-20H,1-8H3;/q-2;+2. The molecule has 3 aromatic heterocycles. The minimum absolute atomic E-state index is 0. The van der Waals surface area contributed by atoms with Crippen LogP contribution in [0.25, 0.3) is 65.7 Å². The van der Waals surface area contributed by atoms with Gasteiger partial charge in [-0.1, -0.05) is 128 Å². The summed E-state index contributed by atoms with van der Waals surface area (Å²) in [5.74, 6) is 2.72. The van der Waals surface area contributed by atoms with Crippen LogP contribution in [0.3, 0.4) is 0 Å². The third kappa shape index (κ3) is 4.15. The van der Waals surface area contributed by atoms with Gasteiger partial charge in [0.05, 0.1) is 23.3 Å². The van der Waals surface area contributed by atoms with Crippen LogP contribution in [0.2, 0.25) is 0 Å². The Hall–Kier alpha value is -4.75. The fraction of sp³-hybridized carbons (Fsp3) is 0.300. The Kier molecular flexibility index (Phi) is 6.52. The molecule has 0 N–H and O–H groups in total. The molecule has 4 aromatic carbocycles. The molecule has 2 aliphatic rings. The van der Waals surface area contributed by atoms with Crippen LogP contribution < -0.4 is 9.97 Å². The van der Waals surface area contributed by atoms with Gasteiger partial charge in [-0.05, 0) is 32.3 Å². The van der Waals surface area contributed by atoms with Crippen LogP contribution in [0.1, 0.15) is 78.7 Å². The van der Waals surface area contributed by atoms with Crippen molar-refractivity contribution in [2.24, 2.45) is 0 Å². The number of aromatic nitrogens is 8. The Morgan fingerprint density at radius 3 is 1.06 bits per heavy atom. The number of fused-ring (bicyclic) bond motifs is 18. The van der Waals surface area contributed by atoms with E-state index in [1.165, 1.54) is 0 Å². The maximum atomic E-state index is 5.28. The maximum absolute atomic E-state index is 5.28. The van der Waals surface area contributed by atoms with Crippen molar-refractivity contribution in [1.29, 1.82) is 0 Å². The molecule has 0 aliphatic carbocycles. The normalized spacial score (nSPS) is 17.5. The molecule has 0 unspecified atom stereocenters. The SMILES string of the molecule is CC1(C)c2nc(nc3[n-]c(nc4nc(nc5[n-]c(n2)c2ccc6ccccc6c52)C(C)(C)C4(C)C)c2c4ccccc4ccc32)C1(C)C.[Ni+2]. The molecule has 0 saturated heterocycles. The summed E-state index contributed by atoms with van der Waals surface area (Å²) in [6, 6.07) is 25.2. The van der Waals surface area contributed by atoms with Crippen molar-refractivity contribution in [2.45, 2.75) is 77.0 Å². The fourth-order valence-corrected chi connectivity index (χ4v) is 7.10. The third-order valence-electron chi connectivity index (χ3n) is 11.8. The molecular weight excluding hydrogens is 651 g/mol. The van der Waals surface area contributed by atoms with Gasteiger partial charge in [-0.3, -0.25) is 9.97 Å². The van der Waals surface area contributed by atoms with E-state index in [9.17, 15) is 0 Å². The van der Waals surface area contributed by atoms with Gasteiger partial charge in [-0.2, -0.15) is 0 Å². The number of nitrogens with zero attached hydrogens (tertiary/aromatic N) is 8. The molecule has 0 amide bonds. The molecule has 0 atom stereocenters. The van der Waals surface area contributed by atoms with E-state index in [1.807, 2.05) is 0 Å². The number of hydrogen-bond acceptors (Lipinski definition) is 6. The minimum Gasteiger partial charge on any atom is -0.357 e. The average molecular weight is 687 g/mol. The van der Waals surface area contributed by atoms with Gasteiger partial charge in [0.25, 0.3) is 0 Å². The van der Waals surface area contributed by atoms with E-state index in [-0.39, 0.29) is 16.5 Å². The zero-order valence-corrected chi connectivity index (χ0v) is 29.8. The summed E-state index contributed by atoms with van der Waals surface area (Å²) in [5, 5.41) is 8.17. The molecule has 49 heavy (non-hydrogen) atoms. The predicted octanol–water partition coefficient (Wildman–Crippen LogP) is 8.27. The van der Waals surface area contributed by atoms with Gasteiger partial charge in [0.1, 0.15) is 0 Å². The van der Waals surface area contributed by atoms with Crippen LogP contribution in [0.4, 0.5) is 0 Å². The molecule has 246 valence electrons. The largest absolute Gasteiger partial charge is 2.00 e. The van der Waals surface area contributed by atoms with Crippen molar-refractivity contribution < 1.29 is 16.5 Å². The minimum atomic E-state index is -0.463. The van der Waals surface area contributed by atoms with Crippen LogP contribution in [-0.4, -0.2) is 29.9 Å². The van der Waals surface area contributed by atoms with E-state index in [0.717, 1.165) is 43.1 Å². The quantitative estimate of drug-likeness (QED) is 0.147. The van der Waals surface area contributed by atoms with Crippen LogP contribution in [-0.2, 0) is 38.2 Å². The Morgan fingerprint density at radius 1 is 0.367 bits per heavy atom. The molecule has 7 aromatic rings. The van der Waals surface area contributed by atoms with Crippen molar-refractivity contribution in [3.05, 3.63) is 96.1 Å². The monoisotopic (exact) mass is 686 g/mol. The first-order valence-electron chi connectivity index (χ1n) is 16.6. The molecule has 9 rings (SSSR count). The van der Waals surface area contributed by atoms with Gasteiger partial charge in [0.15, 0.2) is 0 Å². The van der Waals surface area contributed by atoms with Crippen molar-refractivity contribution in [1.82, 2.24) is 39.9 Å². The van der Waals surface area contributed by atoms with Crippen molar-refractivity contribution >= 4 is 65.7 Å². The van der Waals surface area contributed by atoms with Gasteiger partial charge in [-0.15, -0.1) is 0 Å². The molecular formula is C40H36N8Ni. The summed E-state index contributed by atoms with van der Waals surface area (Å²) < 4.78 is 0. The van der Waals surface area contributed by atoms with Gasteiger partial charge in [0, 0.05) is 55.0 Å². The summed E-state index contributed by atoms with van der Waals surface area (Å²) in [4.78, 5) is 41.6. The van der Waals surface area contributed by atoms with E-state index in [1.54, 1.807) is 0 Å². The number of hydrogen-bond donors (Lipinski definition) is 0. The first-order valence-corrected chi connectivity index (χ1v) is 16.6. The number of rotatable bonds is 0. The second-order valence-corrected chi connectivity index (χ2v) is 15.4. The van der Waals surface area contributed by atoms with Crippen LogP contribution in [0, 0.1) is 0 Å². The second kappa shape index (κ2) is 10.1. The first kappa shape index (κ1) is 31.5. The van der Waals surface area contributed by atoms with Crippen LogP contribution in [0.15, 0.2) is 72.8 Å². The average Bonchev–Trinajstić information content (AvgIpc) is 3.68. The Morgan fingerprint density at radius 2 is 0.694 bits per heavy atom. The maximum Gasteiger partial charge on any atom is 2.00 e. The van der Waals surface area contributed by atoms with Crippen molar-refractivity contribution in [3.63, 3.8) is 0 Å². The second-order valence-electron chi connectivity index (χ2n) is 15.4. The molecule has 0 fully saturated rings.